The van der Waals surface area contributed by atoms with Crippen molar-refractivity contribution in [2.75, 3.05) is 13.6 Å². The van der Waals surface area contributed by atoms with Crippen LogP contribution < -0.4 is 0 Å². The van der Waals surface area contributed by atoms with E-state index in [0.717, 1.165) is 24.4 Å². The van der Waals surface area contributed by atoms with Crippen LogP contribution in [0.4, 0.5) is 4.48 Å². The summed E-state index contributed by atoms with van der Waals surface area (Å²) in [6.45, 7) is 0.514. The summed E-state index contributed by atoms with van der Waals surface area (Å²) in [5.74, 6) is 0. The third-order valence-electron chi connectivity index (χ3n) is 1.90. The van der Waals surface area contributed by atoms with Gasteiger partial charge in [0.25, 0.3) is 0 Å². The molecule has 1 aromatic rings. The molecule has 0 saturated heterocycles. The second kappa shape index (κ2) is 5.65. The van der Waals surface area contributed by atoms with Gasteiger partial charge in [-0.1, -0.05) is 6.07 Å². The lowest BCUT2D eigenvalue weighted by Gasteiger charge is -2.04. The van der Waals surface area contributed by atoms with Gasteiger partial charge in [0.05, 0.1) is 0 Å². The smallest absolute Gasteiger partial charge is 0.0299 e. The van der Waals surface area contributed by atoms with Crippen LogP contribution in [0, 0.1) is 0 Å². The number of hydrogen-bond donors (Lipinski definition) is 0. The predicted molar refractivity (Wildman–Crippen MR) is 50.9 cm³/mol. The lowest BCUT2D eigenvalue weighted by atomic mass is 10.1. The first-order valence-electron chi connectivity index (χ1n) is 4.55. The minimum absolute atomic E-state index is 0.514. The lowest BCUT2D eigenvalue weighted by molar-refractivity contribution is 0.0582. The molecule has 0 unspecified atom stereocenters. The molecule has 72 valence electrons. The summed E-state index contributed by atoms with van der Waals surface area (Å²) in [4.78, 5) is 4.01. The monoisotopic (exact) mass is 182 g/mol. The Balaban J connectivity index is 2.13. The summed E-state index contributed by atoms with van der Waals surface area (Å²) >= 11 is 0. The second-order valence-electron chi connectivity index (χ2n) is 3.15. The maximum Gasteiger partial charge on any atom is 0.0299 e. The minimum atomic E-state index is 0.514. The highest BCUT2D eigenvalue weighted by Gasteiger charge is 1.95. The highest BCUT2D eigenvalue weighted by atomic mass is 19.2. The maximum absolute atomic E-state index is 12.2. The van der Waals surface area contributed by atoms with Crippen molar-refractivity contribution in [3.05, 3.63) is 30.1 Å². The maximum atomic E-state index is 12.2. The van der Waals surface area contributed by atoms with Crippen LogP contribution >= 0.6 is 0 Å². The summed E-state index contributed by atoms with van der Waals surface area (Å²) in [5, 5.41) is 0.725. The first kappa shape index (κ1) is 10.1. The molecule has 2 nitrogen and oxygen atoms in total. The normalized spacial score (nSPS) is 10.7. The van der Waals surface area contributed by atoms with Crippen LogP contribution in [0.15, 0.2) is 24.5 Å². The van der Waals surface area contributed by atoms with Gasteiger partial charge >= 0.3 is 0 Å². The fraction of sp³-hybridized carbons (Fsp3) is 0.500. The van der Waals surface area contributed by atoms with E-state index in [1.165, 1.54) is 12.6 Å². The second-order valence-corrected chi connectivity index (χ2v) is 3.15. The molecule has 0 radical (unpaired) electrons. The van der Waals surface area contributed by atoms with Gasteiger partial charge in [-0.3, -0.25) is 4.98 Å². The SMILES string of the molecule is CN(F)CCCCc1cccnc1. The van der Waals surface area contributed by atoms with Gasteiger partial charge in [0.15, 0.2) is 0 Å². The Labute approximate surface area is 78.3 Å². The molecule has 0 aliphatic carbocycles. The third kappa shape index (κ3) is 4.58. The Bertz CT molecular complexity index is 224. The van der Waals surface area contributed by atoms with Crippen molar-refractivity contribution in [3.8, 4) is 0 Å². The minimum Gasteiger partial charge on any atom is -0.264 e. The zero-order valence-corrected chi connectivity index (χ0v) is 7.91. The molecule has 3 heteroatoms. The number of hydrogen-bond acceptors (Lipinski definition) is 2. The topological polar surface area (TPSA) is 16.1 Å². The molecule has 0 bridgehead atoms. The number of pyridine rings is 1. The lowest BCUT2D eigenvalue weighted by Crippen LogP contribution is -2.07. The number of rotatable bonds is 5. The van der Waals surface area contributed by atoms with Crippen molar-refractivity contribution in [2.24, 2.45) is 0 Å². The van der Waals surface area contributed by atoms with Crippen LogP contribution in [0.1, 0.15) is 18.4 Å². The van der Waals surface area contributed by atoms with E-state index in [1.807, 2.05) is 18.3 Å². The quantitative estimate of drug-likeness (QED) is 0.512. The molecule has 0 N–H and O–H groups in total. The zero-order chi connectivity index (χ0) is 9.52. The van der Waals surface area contributed by atoms with Crippen LogP contribution in [0.2, 0.25) is 0 Å². The Morgan fingerprint density at radius 2 is 2.31 bits per heavy atom. The van der Waals surface area contributed by atoms with Gasteiger partial charge in [-0.25, -0.2) is 0 Å². The van der Waals surface area contributed by atoms with E-state index in [-0.39, 0.29) is 0 Å². The largest absolute Gasteiger partial charge is 0.264 e. The van der Waals surface area contributed by atoms with Crippen molar-refractivity contribution in [1.29, 1.82) is 0 Å². The average Bonchev–Trinajstić information content (AvgIpc) is 2.14. The van der Waals surface area contributed by atoms with Gasteiger partial charge in [-0.15, -0.1) is 9.60 Å². The predicted octanol–water partition coefficient (Wildman–Crippen LogP) is 2.22. The first-order chi connectivity index (χ1) is 6.29. The Morgan fingerprint density at radius 3 is 2.92 bits per heavy atom. The van der Waals surface area contributed by atoms with E-state index >= 15 is 0 Å². The third-order valence-corrected chi connectivity index (χ3v) is 1.90. The fourth-order valence-corrected chi connectivity index (χ4v) is 1.20. The van der Waals surface area contributed by atoms with E-state index in [1.54, 1.807) is 6.20 Å². The molecule has 13 heavy (non-hydrogen) atoms. The van der Waals surface area contributed by atoms with E-state index in [9.17, 15) is 4.48 Å². The van der Waals surface area contributed by atoms with Gasteiger partial charge in [0, 0.05) is 26.0 Å². The van der Waals surface area contributed by atoms with Gasteiger partial charge in [0.1, 0.15) is 0 Å². The van der Waals surface area contributed by atoms with Gasteiger partial charge < -0.3 is 0 Å². The van der Waals surface area contributed by atoms with Crippen LogP contribution in [0.5, 0.6) is 0 Å². The van der Waals surface area contributed by atoms with Crippen LogP contribution in [-0.4, -0.2) is 23.7 Å². The van der Waals surface area contributed by atoms with E-state index in [0.29, 0.717) is 6.54 Å². The van der Waals surface area contributed by atoms with Crippen molar-refractivity contribution in [1.82, 2.24) is 10.1 Å². The summed E-state index contributed by atoms with van der Waals surface area (Å²) in [5.41, 5.74) is 1.23. The Morgan fingerprint density at radius 1 is 1.46 bits per heavy atom. The van der Waals surface area contributed by atoms with E-state index < -0.39 is 0 Å². The molecular weight excluding hydrogens is 167 g/mol. The van der Waals surface area contributed by atoms with Crippen LogP contribution in [-0.2, 0) is 6.42 Å². The molecule has 0 atom stereocenters. The Hall–Kier alpha value is -0.960. The van der Waals surface area contributed by atoms with Gasteiger partial charge in [-0.2, -0.15) is 0 Å². The molecule has 0 fully saturated rings. The molecule has 0 aliphatic rings. The van der Waals surface area contributed by atoms with Gasteiger partial charge in [-0.05, 0) is 30.9 Å². The number of aromatic nitrogens is 1. The number of nitrogens with zero attached hydrogens (tertiary/aromatic N) is 2. The fourth-order valence-electron chi connectivity index (χ4n) is 1.20. The molecular formula is C10H15FN2. The van der Waals surface area contributed by atoms with E-state index in [4.69, 9.17) is 0 Å². The molecule has 0 spiro atoms. The Kier molecular flexibility index (Phi) is 4.40. The van der Waals surface area contributed by atoms with Crippen molar-refractivity contribution < 1.29 is 4.48 Å². The van der Waals surface area contributed by atoms with Gasteiger partial charge in [0.2, 0.25) is 0 Å². The summed E-state index contributed by atoms with van der Waals surface area (Å²) in [7, 11) is 1.45. The highest BCUT2D eigenvalue weighted by Crippen LogP contribution is 2.03. The van der Waals surface area contributed by atoms with E-state index in [2.05, 4.69) is 4.98 Å². The average molecular weight is 182 g/mol. The number of unbranched alkanes of at least 4 members (excludes halogenated alkanes) is 1. The molecule has 1 rings (SSSR count). The summed E-state index contributed by atoms with van der Waals surface area (Å²) in [6, 6.07) is 3.97. The standard InChI is InChI=1S/C10H15FN2/c1-13(11)8-3-2-5-10-6-4-7-12-9-10/h4,6-7,9H,2-3,5,8H2,1H3. The molecule has 1 aromatic heterocycles. The molecule has 0 saturated carbocycles. The molecule has 0 aromatic carbocycles. The number of aryl methyl sites for hydroxylation is 1. The van der Waals surface area contributed by atoms with Crippen LogP contribution in [0.25, 0.3) is 0 Å². The summed E-state index contributed by atoms with van der Waals surface area (Å²) in [6.07, 6.45) is 6.52. The van der Waals surface area contributed by atoms with Crippen molar-refractivity contribution in [3.63, 3.8) is 0 Å². The number of halogens is 1. The van der Waals surface area contributed by atoms with Crippen LogP contribution in [0.3, 0.4) is 0 Å². The zero-order valence-electron chi connectivity index (χ0n) is 7.91. The molecule has 0 amide bonds. The van der Waals surface area contributed by atoms with Crippen molar-refractivity contribution in [2.45, 2.75) is 19.3 Å². The molecule has 0 aliphatic heterocycles. The van der Waals surface area contributed by atoms with Crippen molar-refractivity contribution >= 4 is 0 Å². The first-order valence-corrected chi connectivity index (χ1v) is 4.55. The highest BCUT2D eigenvalue weighted by molar-refractivity contribution is 5.08. The molecule has 1 heterocycles. The summed E-state index contributed by atoms with van der Waals surface area (Å²) < 4.78 is 12.2.